The second kappa shape index (κ2) is 5.50. The van der Waals surface area contributed by atoms with Gasteiger partial charge in [0.05, 0.1) is 19.5 Å². The van der Waals surface area contributed by atoms with Crippen LogP contribution in [-0.4, -0.2) is 34.8 Å². The van der Waals surface area contributed by atoms with Gasteiger partial charge in [-0.05, 0) is 12.8 Å². The van der Waals surface area contributed by atoms with Crippen LogP contribution in [0.5, 0.6) is 5.75 Å². The van der Waals surface area contributed by atoms with Crippen molar-refractivity contribution >= 4 is 5.95 Å². The third-order valence-corrected chi connectivity index (χ3v) is 2.36. The first-order valence-corrected chi connectivity index (χ1v) is 4.90. The number of nitrogens with one attached hydrogen (secondary N) is 1. The van der Waals surface area contributed by atoms with Crippen LogP contribution in [0.15, 0.2) is 12.4 Å². The molecule has 0 saturated heterocycles. The van der Waals surface area contributed by atoms with Gasteiger partial charge in [0.1, 0.15) is 0 Å². The van der Waals surface area contributed by atoms with Crippen LogP contribution in [0.3, 0.4) is 0 Å². The number of hydrogen-bond donors (Lipinski definition) is 2. The first-order valence-electron chi connectivity index (χ1n) is 4.90. The molecule has 0 aliphatic rings. The Bertz CT molecular complexity index is 289. The summed E-state index contributed by atoms with van der Waals surface area (Å²) in [6.45, 7) is 4.08. The van der Waals surface area contributed by atoms with Crippen molar-refractivity contribution in [3.05, 3.63) is 12.4 Å². The van der Waals surface area contributed by atoms with Crippen LogP contribution in [0.25, 0.3) is 0 Å². The molecule has 1 aromatic rings. The maximum atomic E-state index is 8.96. The van der Waals surface area contributed by atoms with E-state index in [9.17, 15) is 0 Å². The quantitative estimate of drug-likeness (QED) is 0.758. The fraction of sp³-hybridized carbons (Fsp3) is 0.600. The second-order valence-electron chi connectivity index (χ2n) is 3.54. The number of anilines is 1. The number of hydrogen-bond acceptors (Lipinski definition) is 5. The van der Waals surface area contributed by atoms with Crippen molar-refractivity contribution in [2.24, 2.45) is 5.92 Å². The van der Waals surface area contributed by atoms with Crippen LogP contribution < -0.4 is 10.1 Å². The maximum absolute atomic E-state index is 8.96. The van der Waals surface area contributed by atoms with Crippen molar-refractivity contribution in [2.75, 3.05) is 19.0 Å². The molecule has 0 radical (unpaired) electrons. The molecular weight excluding hydrogens is 194 g/mol. The molecule has 0 aromatic carbocycles. The molecule has 0 bridgehead atoms. The zero-order valence-electron chi connectivity index (χ0n) is 9.27. The number of aliphatic hydroxyl groups is 1. The Labute approximate surface area is 89.5 Å². The van der Waals surface area contributed by atoms with Gasteiger partial charge in [-0.3, -0.25) is 0 Å². The molecule has 0 saturated carbocycles. The van der Waals surface area contributed by atoms with Crippen molar-refractivity contribution in [2.45, 2.75) is 19.9 Å². The topological polar surface area (TPSA) is 67.3 Å². The van der Waals surface area contributed by atoms with Crippen molar-refractivity contribution in [3.63, 3.8) is 0 Å². The minimum Gasteiger partial charge on any atom is -0.494 e. The molecule has 2 atom stereocenters. The fourth-order valence-electron chi connectivity index (χ4n) is 1.00. The van der Waals surface area contributed by atoms with Gasteiger partial charge in [-0.1, -0.05) is 6.92 Å². The molecule has 84 valence electrons. The largest absolute Gasteiger partial charge is 0.494 e. The predicted molar refractivity (Wildman–Crippen MR) is 57.9 cm³/mol. The Morgan fingerprint density at radius 1 is 1.40 bits per heavy atom. The minimum absolute atomic E-state index is 0.128. The summed E-state index contributed by atoms with van der Waals surface area (Å²) in [6, 6.07) is 0.128. The Kier molecular flexibility index (Phi) is 4.30. The summed E-state index contributed by atoms with van der Waals surface area (Å²) in [4.78, 5) is 8.15. The SMILES string of the molecule is COc1cnc(NC(C)C(C)CO)nc1. The number of aliphatic hydroxyl groups excluding tert-OH is 1. The zero-order chi connectivity index (χ0) is 11.3. The van der Waals surface area contributed by atoms with Gasteiger partial charge in [-0.2, -0.15) is 0 Å². The summed E-state index contributed by atoms with van der Waals surface area (Å²) >= 11 is 0. The lowest BCUT2D eigenvalue weighted by Crippen LogP contribution is -2.27. The van der Waals surface area contributed by atoms with Gasteiger partial charge >= 0.3 is 0 Å². The van der Waals surface area contributed by atoms with Gasteiger partial charge in [-0.25, -0.2) is 9.97 Å². The third kappa shape index (κ3) is 3.36. The lowest BCUT2D eigenvalue weighted by atomic mass is 10.1. The van der Waals surface area contributed by atoms with E-state index in [1.165, 1.54) is 0 Å². The van der Waals surface area contributed by atoms with E-state index >= 15 is 0 Å². The normalized spacial score (nSPS) is 14.4. The van der Waals surface area contributed by atoms with Crippen molar-refractivity contribution in [1.29, 1.82) is 0 Å². The molecule has 5 heteroatoms. The predicted octanol–water partition coefficient (Wildman–Crippen LogP) is 0.914. The molecule has 1 aromatic heterocycles. The van der Waals surface area contributed by atoms with Crippen LogP contribution in [0.2, 0.25) is 0 Å². The highest BCUT2D eigenvalue weighted by Crippen LogP contribution is 2.10. The third-order valence-electron chi connectivity index (χ3n) is 2.36. The average Bonchev–Trinajstić information content (AvgIpc) is 2.29. The van der Waals surface area contributed by atoms with Gasteiger partial charge in [0, 0.05) is 12.6 Å². The molecule has 0 aliphatic heterocycles. The summed E-state index contributed by atoms with van der Waals surface area (Å²) in [5.74, 6) is 1.34. The molecule has 2 unspecified atom stereocenters. The summed E-state index contributed by atoms with van der Waals surface area (Å²) in [6.07, 6.45) is 3.21. The summed E-state index contributed by atoms with van der Waals surface area (Å²) in [5, 5.41) is 12.1. The van der Waals surface area contributed by atoms with Crippen LogP contribution in [-0.2, 0) is 0 Å². The molecular formula is C10H17N3O2. The highest BCUT2D eigenvalue weighted by atomic mass is 16.5. The molecule has 0 spiro atoms. The first-order chi connectivity index (χ1) is 7.17. The molecule has 0 fully saturated rings. The average molecular weight is 211 g/mol. The molecule has 1 rings (SSSR count). The standard InChI is InChI=1S/C10H17N3O2/c1-7(6-14)8(2)13-10-11-4-9(15-3)5-12-10/h4-5,7-8,14H,6H2,1-3H3,(H,11,12,13). The maximum Gasteiger partial charge on any atom is 0.223 e. The number of rotatable bonds is 5. The highest BCUT2D eigenvalue weighted by Gasteiger charge is 2.11. The Balaban J connectivity index is 2.57. The molecule has 1 heterocycles. The minimum atomic E-state index is 0.128. The molecule has 0 aliphatic carbocycles. The van der Waals surface area contributed by atoms with E-state index in [1.54, 1.807) is 19.5 Å². The van der Waals surface area contributed by atoms with E-state index in [0.717, 1.165) is 0 Å². The Morgan fingerprint density at radius 2 is 2.00 bits per heavy atom. The second-order valence-corrected chi connectivity index (χ2v) is 3.54. The van der Waals surface area contributed by atoms with Gasteiger partial charge in [-0.15, -0.1) is 0 Å². The van der Waals surface area contributed by atoms with Gasteiger partial charge in [0.15, 0.2) is 5.75 Å². The van der Waals surface area contributed by atoms with E-state index in [4.69, 9.17) is 9.84 Å². The zero-order valence-corrected chi connectivity index (χ0v) is 9.27. The van der Waals surface area contributed by atoms with Gasteiger partial charge in [0.25, 0.3) is 0 Å². The van der Waals surface area contributed by atoms with Crippen molar-refractivity contribution in [3.8, 4) is 5.75 Å². The first kappa shape index (κ1) is 11.7. The van der Waals surface area contributed by atoms with E-state index in [2.05, 4.69) is 15.3 Å². The number of aromatic nitrogens is 2. The summed E-state index contributed by atoms with van der Waals surface area (Å²) in [5.41, 5.74) is 0. The van der Waals surface area contributed by atoms with Crippen LogP contribution >= 0.6 is 0 Å². The number of nitrogens with zero attached hydrogens (tertiary/aromatic N) is 2. The van der Waals surface area contributed by atoms with E-state index in [0.29, 0.717) is 11.7 Å². The smallest absolute Gasteiger partial charge is 0.223 e. The molecule has 15 heavy (non-hydrogen) atoms. The van der Waals surface area contributed by atoms with E-state index in [-0.39, 0.29) is 18.6 Å². The van der Waals surface area contributed by atoms with Crippen LogP contribution in [0, 0.1) is 5.92 Å². The van der Waals surface area contributed by atoms with Crippen LogP contribution in [0.1, 0.15) is 13.8 Å². The highest BCUT2D eigenvalue weighted by molar-refractivity contribution is 5.28. The van der Waals surface area contributed by atoms with E-state index < -0.39 is 0 Å². The van der Waals surface area contributed by atoms with E-state index in [1.807, 2.05) is 13.8 Å². The number of methoxy groups -OCH3 is 1. The van der Waals surface area contributed by atoms with Gasteiger partial charge in [0.2, 0.25) is 5.95 Å². The lowest BCUT2D eigenvalue weighted by molar-refractivity contribution is 0.226. The number of ether oxygens (including phenoxy) is 1. The monoisotopic (exact) mass is 211 g/mol. The summed E-state index contributed by atoms with van der Waals surface area (Å²) < 4.78 is 4.95. The molecule has 5 nitrogen and oxygen atoms in total. The molecule has 2 N–H and O–H groups in total. The summed E-state index contributed by atoms with van der Waals surface area (Å²) in [7, 11) is 1.57. The molecule has 0 amide bonds. The van der Waals surface area contributed by atoms with Crippen molar-refractivity contribution < 1.29 is 9.84 Å². The fourth-order valence-corrected chi connectivity index (χ4v) is 1.00. The Morgan fingerprint density at radius 3 is 2.47 bits per heavy atom. The van der Waals surface area contributed by atoms with Crippen LogP contribution in [0.4, 0.5) is 5.95 Å². The Hall–Kier alpha value is -1.36. The van der Waals surface area contributed by atoms with Crippen molar-refractivity contribution in [1.82, 2.24) is 9.97 Å². The lowest BCUT2D eigenvalue weighted by Gasteiger charge is -2.18. The van der Waals surface area contributed by atoms with Gasteiger partial charge < -0.3 is 15.2 Å².